The van der Waals surface area contributed by atoms with Crippen molar-refractivity contribution < 1.29 is 4.79 Å². The van der Waals surface area contributed by atoms with E-state index in [0.29, 0.717) is 16.5 Å². The van der Waals surface area contributed by atoms with Gasteiger partial charge in [-0.1, -0.05) is 30.3 Å². The second-order valence-corrected chi connectivity index (χ2v) is 8.87. The van der Waals surface area contributed by atoms with E-state index in [0.717, 1.165) is 33.2 Å². The van der Waals surface area contributed by atoms with Crippen molar-refractivity contribution in [2.24, 2.45) is 7.05 Å². The predicted octanol–water partition coefficient (Wildman–Crippen LogP) is 4.11. The summed E-state index contributed by atoms with van der Waals surface area (Å²) in [6, 6.07) is 16.6. The van der Waals surface area contributed by atoms with Gasteiger partial charge in [0.1, 0.15) is 5.01 Å². The normalized spacial score (nSPS) is 11.1. The molecule has 9 heteroatoms. The molecule has 3 heterocycles. The van der Waals surface area contributed by atoms with Crippen molar-refractivity contribution in [2.75, 3.05) is 11.2 Å². The summed E-state index contributed by atoms with van der Waals surface area (Å²) in [5.74, 6) is -0.406. The number of benzene rings is 2. The second-order valence-electron chi connectivity index (χ2n) is 8.01. The van der Waals surface area contributed by atoms with Gasteiger partial charge in [0, 0.05) is 46.0 Å². The molecule has 0 saturated carbocycles. The fraction of sp³-hybridized carbons (Fsp3) is 0.120. The fourth-order valence-corrected chi connectivity index (χ4v) is 4.90. The van der Waals surface area contributed by atoms with Crippen LogP contribution in [-0.2, 0) is 7.05 Å². The van der Waals surface area contributed by atoms with Crippen LogP contribution in [0, 0.1) is 13.8 Å². The highest BCUT2D eigenvalue weighted by Gasteiger charge is 2.20. The number of carbonyl (C=O) groups excluding carboxylic acids is 1. The van der Waals surface area contributed by atoms with Crippen LogP contribution in [0.5, 0.6) is 0 Å². The highest BCUT2D eigenvalue weighted by atomic mass is 32.1. The number of nitrogen functional groups attached to an aromatic ring is 1. The minimum atomic E-state index is -0.406. The molecule has 34 heavy (non-hydrogen) atoms. The lowest BCUT2D eigenvalue weighted by atomic mass is 10.1. The Kier molecular flexibility index (Phi) is 5.25. The number of aromatic nitrogens is 4. The van der Waals surface area contributed by atoms with E-state index in [-0.39, 0.29) is 11.3 Å². The van der Waals surface area contributed by atoms with Crippen LogP contribution in [0.4, 0.5) is 5.69 Å². The van der Waals surface area contributed by atoms with Gasteiger partial charge in [-0.2, -0.15) is 5.10 Å². The summed E-state index contributed by atoms with van der Waals surface area (Å²) in [5, 5.41) is 8.00. The molecule has 3 N–H and O–H groups in total. The number of hydrogen-bond donors (Lipinski definition) is 2. The number of nitrogens with zero attached hydrogens (tertiary/aromatic N) is 4. The van der Waals surface area contributed by atoms with Gasteiger partial charge in [-0.3, -0.25) is 19.7 Å². The average molecular weight is 471 g/mol. The zero-order valence-corrected chi connectivity index (χ0v) is 19.7. The van der Waals surface area contributed by atoms with Gasteiger partial charge in [-0.15, -0.1) is 11.3 Å². The van der Waals surface area contributed by atoms with Crippen molar-refractivity contribution in [3.8, 4) is 21.8 Å². The summed E-state index contributed by atoms with van der Waals surface area (Å²) >= 11 is 1.52. The molecule has 0 aliphatic carbocycles. The van der Waals surface area contributed by atoms with Crippen molar-refractivity contribution in [3.05, 3.63) is 87.4 Å². The second kappa shape index (κ2) is 8.27. The summed E-state index contributed by atoms with van der Waals surface area (Å²) in [6.07, 6.45) is 0. The van der Waals surface area contributed by atoms with E-state index in [1.54, 1.807) is 28.9 Å². The molecule has 0 aliphatic rings. The first-order chi connectivity index (χ1) is 16.3. The van der Waals surface area contributed by atoms with Crippen LogP contribution in [-0.4, -0.2) is 25.3 Å². The van der Waals surface area contributed by atoms with E-state index in [1.165, 1.54) is 23.1 Å². The summed E-state index contributed by atoms with van der Waals surface area (Å²) < 4.78 is 2.90. The lowest BCUT2D eigenvalue weighted by molar-refractivity contribution is 0.100. The van der Waals surface area contributed by atoms with E-state index >= 15 is 0 Å². The van der Waals surface area contributed by atoms with Gasteiger partial charge >= 0.3 is 0 Å². The van der Waals surface area contributed by atoms with Crippen LogP contribution in [0.25, 0.3) is 32.6 Å². The quantitative estimate of drug-likeness (QED) is 0.384. The molecule has 0 aliphatic heterocycles. The third-order valence-electron chi connectivity index (χ3n) is 5.79. The van der Waals surface area contributed by atoms with Crippen molar-refractivity contribution in [1.29, 1.82) is 0 Å². The van der Waals surface area contributed by atoms with Gasteiger partial charge in [-0.05, 0) is 38.1 Å². The number of carbonyl (C=O) groups is 1. The largest absolute Gasteiger partial charge is 0.398 e. The summed E-state index contributed by atoms with van der Waals surface area (Å²) in [7, 11) is 1.54. The number of fused-ring (bicyclic) bond motifs is 1. The van der Waals surface area contributed by atoms with E-state index in [1.807, 2.05) is 49.6 Å². The number of nitrogens with one attached hydrogen (secondary N) is 1. The Morgan fingerprint density at radius 1 is 1.03 bits per heavy atom. The molecule has 0 saturated heterocycles. The molecule has 1 amide bonds. The number of anilines is 1. The third kappa shape index (κ3) is 3.56. The molecule has 0 spiro atoms. The molecule has 0 radical (unpaired) electrons. The molecule has 2 aromatic carbocycles. The Morgan fingerprint density at radius 3 is 2.50 bits per heavy atom. The molecule has 5 aromatic rings. The first kappa shape index (κ1) is 21.6. The SMILES string of the molecule is Cc1cc(-c2csc(-c3ccccc3N)n2)c(C)n1NC(=O)c1nn(C)c(=O)c2ccccc12. The fourth-order valence-electron chi connectivity index (χ4n) is 4.03. The van der Waals surface area contributed by atoms with Crippen LogP contribution >= 0.6 is 11.3 Å². The molecular weight excluding hydrogens is 448 g/mol. The van der Waals surface area contributed by atoms with Gasteiger partial charge in [0.2, 0.25) is 0 Å². The minimum Gasteiger partial charge on any atom is -0.398 e. The summed E-state index contributed by atoms with van der Waals surface area (Å²) in [5.41, 5.74) is 13.9. The van der Waals surface area contributed by atoms with Crippen LogP contribution in [0.3, 0.4) is 0 Å². The maximum Gasteiger partial charge on any atom is 0.291 e. The summed E-state index contributed by atoms with van der Waals surface area (Å²) in [6.45, 7) is 3.83. The number of hydrogen-bond acceptors (Lipinski definition) is 6. The lowest BCUT2D eigenvalue weighted by Crippen LogP contribution is -2.29. The first-order valence-corrected chi connectivity index (χ1v) is 11.5. The van der Waals surface area contributed by atoms with Crippen LogP contribution in [0.15, 0.2) is 64.8 Å². The van der Waals surface area contributed by atoms with Crippen LogP contribution in [0.2, 0.25) is 0 Å². The molecule has 0 fully saturated rings. The van der Waals surface area contributed by atoms with Gasteiger partial charge < -0.3 is 5.73 Å². The van der Waals surface area contributed by atoms with Crippen molar-refractivity contribution >= 4 is 33.7 Å². The van der Waals surface area contributed by atoms with Gasteiger partial charge in [-0.25, -0.2) is 9.67 Å². The zero-order valence-electron chi connectivity index (χ0n) is 18.9. The monoisotopic (exact) mass is 470 g/mol. The van der Waals surface area contributed by atoms with Gasteiger partial charge in [0.15, 0.2) is 5.69 Å². The van der Waals surface area contributed by atoms with Crippen molar-refractivity contribution in [3.63, 3.8) is 0 Å². The zero-order chi connectivity index (χ0) is 24.0. The Hall–Kier alpha value is -4.24. The topological polar surface area (TPSA) is 108 Å². The molecule has 0 bridgehead atoms. The highest BCUT2D eigenvalue weighted by Crippen LogP contribution is 2.34. The molecule has 3 aromatic heterocycles. The Morgan fingerprint density at radius 2 is 1.74 bits per heavy atom. The van der Waals surface area contributed by atoms with Crippen molar-refractivity contribution in [2.45, 2.75) is 13.8 Å². The van der Waals surface area contributed by atoms with E-state index in [4.69, 9.17) is 10.7 Å². The third-order valence-corrected chi connectivity index (χ3v) is 6.66. The maximum atomic E-state index is 13.2. The van der Waals surface area contributed by atoms with E-state index in [9.17, 15) is 9.59 Å². The average Bonchev–Trinajstić information content (AvgIpc) is 3.42. The molecule has 8 nitrogen and oxygen atoms in total. The summed E-state index contributed by atoms with van der Waals surface area (Å²) in [4.78, 5) is 30.4. The van der Waals surface area contributed by atoms with Gasteiger partial charge in [0.25, 0.3) is 11.5 Å². The highest BCUT2D eigenvalue weighted by molar-refractivity contribution is 7.13. The number of thiazole rings is 1. The lowest BCUT2D eigenvalue weighted by Gasteiger charge is -2.13. The van der Waals surface area contributed by atoms with Crippen LogP contribution < -0.4 is 16.7 Å². The number of rotatable bonds is 4. The number of aryl methyl sites for hydroxylation is 2. The van der Waals surface area contributed by atoms with E-state index in [2.05, 4.69) is 10.5 Å². The number of amides is 1. The number of nitrogens with two attached hydrogens (primary N) is 1. The standard InChI is InChI=1S/C25H22N6O2S/c1-14-12-19(21-13-34-24(27-21)18-10-6-7-11-20(18)26)15(2)31(14)29-23(32)22-16-8-4-5-9-17(16)25(33)30(3)28-22/h4-13H,26H2,1-3H3,(H,29,32). The minimum absolute atomic E-state index is 0.183. The molecule has 0 unspecified atom stereocenters. The molecular formula is C25H22N6O2S. The Balaban J connectivity index is 1.50. The Bertz CT molecular complexity index is 1630. The first-order valence-electron chi connectivity index (χ1n) is 10.6. The number of para-hydroxylation sites is 1. The van der Waals surface area contributed by atoms with Gasteiger partial charge in [0.05, 0.1) is 11.1 Å². The predicted molar refractivity (Wildman–Crippen MR) is 136 cm³/mol. The van der Waals surface area contributed by atoms with Crippen molar-refractivity contribution in [1.82, 2.24) is 19.4 Å². The maximum absolute atomic E-state index is 13.2. The molecule has 170 valence electrons. The van der Waals surface area contributed by atoms with E-state index < -0.39 is 5.91 Å². The molecule has 0 atom stereocenters. The molecule has 5 rings (SSSR count). The Labute approximate surface area is 199 Å². The van der Waals surface area contributed by atoms with Crippen LogP contribution in [0.1, 0.15) is 21.9 Å². The smallest absolute Gasteiger partial charge is 0.291 e.